The third-order valence-corrected chi connectivity index (χ3v) is 2.27. The topological polar surface area (TPSA) is 9.23 Å². The van der Waals surface area contributed by atoms with Crippen molar-refractivity contribution >= 4 is 27.5 Å². The molecule has 4 heteroatoms. The first kappa shape index (κ1) is 10.8. The van der Waals surface area contributed by atoms with Crippen LogP contribution in [0.15, 0.2) is 16.6 Å². The summed E-state index contributed by atoms with van der Waals surface area (Å²) < 4.78 is 18.9. The first-order valence-corrected chi connectivity index (χ1v) is 4.99. The zero-order valence-electron chi connectivity index (χ0n) is 7.27. The van der Waals surface area contributed by atoms with Gasteiger partial charge in [-0.2, -0.15) is 0 Å². The van der Waals surface area contributed by atoms with Crippen LogP contribution in [-0.2, 0) is 0 Å². The molecule has 0 saturated carbocycles. The van der Waals surface area contributed by atoms with Crippen LogP contribution in [0.25, 0.3) is 0 Å². The van der Waals surface area contributed by atoms with Gasteiger partial charge in [-0.1, -0.05) is 11.6 Å². The Labute approximate surface area is 90.0 Å². The van der Waals surface area contributed by atoms with Gasteiger partial charge < -0.3 is 4.74 Å². The molecule has 0 aliphatic heterocycles. The van der Waals surface area contributed by atoms with E-state index in [1.54, 1.807) is 12.1 Å². The van der Waals surface area contributed by atoms with Crippen LogP contribution in [0.1, 0.15) is 13.8 Å². The third-order valence-electron chi connectivity index (χ3n) is 1.36. The third kappa shape index (κ3) is 2.58. The van der Waals surface area contributed by atoms with E-state index in [1.807, 2.05) is 13.8 Å². The fraction of sp³-hybridized carbons (Fsp3) is 0.333. The van der Waals surface area contributed by atoms with Crippen molar-refractivity contribution in [3.63, 3.8) is 0 Å². The van der Waals surface area contributed by atoms with Gasteiger partial charge >= 0.3 is 0 Å². The highest BCUT2D eigenvalue weighted by atomic mass is 79.9. The highest BCUT2D eigenvalue weighted by Gasteiger charge is 2.13. The second kappa shape index (κ2) is 4.29. The Hall–Kier alpha value is -0.280. The zero-order chi connectivity index (χ0) is 10.0. The lowest BCUT2D eigenvalue weighted by Crippen LogP contribution is -2.07. The molecule has 0 bridgehead atoms. The van der Waals surface area contributed by atoms with Crippen LogP contribution in [-0.4, -0.2) is 6.10 Å². The van der Waals surface area contributed by atoms with Crippen LogP contribution in [0.2, 0.25) is 5.02 Å². The van der Waals surface area contributed by atoms with Gasteiger partial charge in [-0.25, -0.2) is 4.39 Å². The second-order valence-corrected chi connectivity index (χ2v) is 4.10. The number of hydrogen-bond donors (Lipinski definition) is 0. The molecule has 0 fully saturated rings. The number of hydrogen-bond acceptors (Lipinski definition) is 1. The molecule has 1 rings (SSSR count). The number of rotatable bonds is 2. The van der Waals surface area contributed by atoms with E-state index in [1.165, 1.54) is 0 Å². The zero-order valence-corrected chi connectivity index (χ0v) is 9.62. The molecule has 1 aromatic carbocycles. The average Bonchev–Trinajstić information content (AvgIpc) is 2.05. The summed E-state index contributed by atoms with van der Waals surface area (Å²) in [6.07, 6.45) is -0.0960. The van der Waals surface area contributed by atoms with Crippen molar-refractivity contribution in [2.75, 3.05) is 0 Å². The van der Waals surface area contributed by atoms with Crippen molar-refractivity contribution in [2.24, 2.45) is 0 Å². The smallest absolute Gasteiger partial charge is 0.180 e. The van der Waals surface area contributed by atoms with Crippen LogP contribution < -0.4 is 4.74 Å². The molecule has 0 aliphatic carbocycles. The van der Waals surface area contributed by atoms with E-state index in [-0.39, 0.29) is 16.9 Å². The molecule has 0 saturated heterocycles. The van der Waals surface area contributed by atoms with E-state index < -0.39 is 5.82 Å². The van der Waals surface area contributed by atoms with Gasteiger partial charge in [0.1, 0.15) is 0 Å². The Morgan fingerprint density at radius 3 is 2.62 bits per heavy atom. The molecule has 1 nitrogen and oxygen atoms in total. The number of ether oxygens (including phenoxy) is 1. The fourth-order valence-electron chi connectivity index (χ4n) is 0.852. The Morgan fingerprint density at radius 2 is 2.08 bits per heavy atom. The van der Waals surface area contributed by atoms with Gasteiger partial charge in [-0.05, 0) is 41.9 Å². The average molecular weight is 268 g/mol. The lowest BCUT2D eigenvalue weighted by molar-refractivity contribution is 0.231. The summed E-state index contributed by atoms with van der Waals surface area (Å²) >= 11 is 8.82. The number of halogens is 3. The van der Waals surface area contributed by atoms with Crippen LogP contribution in [0.4, 0.5) is 4.39 Å². The Kier molecular flexibility index (Phi) is 3.56. The van der Waals surface area contributed by atoms with E-state index in [9.17, 15) is 4.39 Å². The van der Waals surface area contributed by atoms with Crippen LogP contribution >= 0.6 is 27.5 Å². The van der Waals surface area contributed by atoms with Crippen molar-refractivity contribution in [1.29, 1.82) is 0 Å². The molecule has 72 valence electrons. The van der Waals surface area contributed by atoms with Gasteiger partial charge in [0.2, 0.25) is 0 Å². The summed E-state index contributed by atoms with van der Waals surface area (Å²) in [5.74, 6) is -0.354. The maximum atomic E-state index is 13.4. The van der Waals surface area contributed by atoms with Crippen molar-refractivity contribution < 1.29 is 9.13 Å². The van der Waals surface area contributed by atoms with Gasteiger partial charge in [0.05, 0.1) is 15.6 Å². The first-order chi connectivity index (χ1) is 6.02. The summed E-state index contributed by atoms with van der Waals surface area (Å²) in [6.45, 7) is 3.63. The molecule has 13 heavy (non-hydrogen) atoms. The van der Waals surface area contributed by atoms with Gasteiger partial charge in [0, 0.05) is 0 Å². The molecule has 0 amide bonds. The van der Waals surface area contributed by atoms with Gasteiger partial charge in [-0.15, -0.1) is 0 Å². The quantitative estimate of drug-likeness (QED) is 0.735. The molecular weight excluding hydrogens is 258 g/mol. The van der Waals surface area contributed by atoms with Crippen molar-refractivity contribution in [3.05, 3.63) is 27.4 Å². The summed E-state index contributed by atoms with van der Waals surface area (Å²) in [7, 11) is 0. The fourth-order valence-corrected chi connectivity index (χ4v) is 1.35. The highest BCUT2D eigenvalue weighted by molar-refractivity contribution is 9.10. The Bertz CT molecular complexity index is 315. The Morgan fingerprint density at radius 1 is 1.46 bits per heavy atom. The summed E-state index contributed by atoms with van der Waals surface area (Å²) in [6, 6.07) is 3.14. The lowest BCUT2D eigenvalue weighted by atomic mass is 10.3. The molecule has 0 radical (unpaired) electrons. The maximum absolute atomic E-state index is 13.4. The van der Waals surface area contributed by atoms with Crippen LogP contribution in [0, 0.1) is 5.82 Å². The molecule has 0 heterocycles. The monoisotopic (exact) mass is 266 g/mol. The second-order valence-electron chi connectivity index (χ2n) is 2.84. The molecule has 1 aromatic rings. The highest BCUT2D eigenvalue weighted by Crippen LogP contribution is 2.33. The molecule has 0 spiro atoms. The van der Waals surface area contributed by atoms with E-state index >= 15 is 0 Å². The van der Waals surface area contributed by atoms with Gasteiger partial charge in [-0.3, -0.25) is 0 Å². The first-order valence-electron chi connectivity index (χ1n) is 3.82. The summed E-state index contributed by atoms with van der Waals surface area (Å²) in [5.41, 5.74) is 0. The van der Waals surface area contributed by atoms with Crippen LogP contribution in [0.5, 0.6) is 5.75 Å². The normalized spacial score (nSPS) is 10.6. The summed E-state index contributed by atoms with van der Waals surface area (Å²) in [5, 5.41) is 0.286. The van der Waals surface area contributed by atoms with E-state index in [0.29, 0.717) is 4.47 Å². The molecule has 0 unspecified atom stereocenters. The maximum Gasteiger partial charge on any atom is 0.180 e. The summed E-state index contributed by atoms with van der Waals surface area (Å²) in [4.78, 5) is 0. The van der Waals surface area contributed by atoms with Crippen molar-refractivity contribution in [3.8, 4) is 5.75 Å². The predicted molar refractivity (Wildman–Crippen MR) is 54.9 cm³/mol. The van der Waals surface area contributed by atoms with E-state index in [4.69, 9.17) is 16.3 Å². The van der Waals surface area contributed by atoms with E-state index in [0.717, 1.165) is 0 Å². The Balaban J connectivity index is 3.10. The molecule has 0 aliphatic rings. The standard InChI is InChI=1S/C9H9BrClFO/c1-5(2)13-9-7(11)4-3-6(10)8(9)12/h3-5H,1-2H3. The largest absolute Gasteiger partial charge is 0.486 e. The molecule has 0 aromatic heterocycles. The van der Waals surface area contributed by atoms with Gasteiger partial charge in [0.15, 0.2) is 11.6 Å². The van der Waals surface area contributed by atoms with Crippen molar-refractivity contribution in [2.45, 2.75) is 20.0 Å². The molecule has 0 atom stereocenters. The molecular formula is C9H9BrClFO. The minimum absolute atomic E-state index is 0.0960. The number of benzene rings is 1. The van der Waals surface area contributed by atoms with Crippen molar-refractivity contribution in [1.82, 2.24) is 0 Å². The van der Waals surface area contributed by atoms with Gasteiger partial charge in [0.25, 0.3) is 0 Å². The minimum atomic E-state index is -0.457. The van der Waals surface area contributed by atoms with E-state index in [2.05, 4.69) is 15.9 Å². The molecule has 0 N–H and O–H groups in total. The lowest BCUT2D eigenvalue weighted by Gasteiger charge is -2.12. The minimum Gasteiger partial charge on any atom is -0.486 e. The predicted octanol–water partition coefficient (Wildman–Crippen LogP) is 4.03. The van der Waals surface area contributed by atoms with Crippen LogP contribution in [0.3, 0.4) is 0 Å². The SMILES string of the molecule is CC(C)Oc1c(Cl)ccc(Br)c1F.